The standard InChI is InChI=1S/C38H29NO2/c1-39(34-23-22-31(26-36(34)40)27-14-6-2-7-15-27)35-25-32(28-16-8-3-9-17-28)24-33(29-18-10-4-11-19-29)37(35)38(41)30-20-12-5-13-21-30/h2-26,40H,1H3. The molecule has 0 spiro atoms. The first-order chi connectivity index (χ1) is 20.1. The van der Waals surface area contributed by atoms with Gasteiger partial charge in [-0.1, -0.05) is 127 Å². The third-order valence-corrected chi connectivity index (χ3v) is 7.38. The summed E-state index contributed by atoms with van der Waals surface area (Å²) in [5.41, 5.74) is 8.26. The maximum absolute atomic E-state index is 14.3. The van der Waals surface area contributed by atoms with Crippen LogP contribution in [0.1, 0.15) is 15.9 Å². The second-order valence-corrected chi connectivity index (χ2v) is 9.97. The SMILES string of the molecule is CN(c1ccc(-c2ccccc2)cc1O)c1cc(-c2ccccc2)cc(-c2ccccc2)c1C(=O)c1ccccc1. The topological polar surface area (TPSA) is 40.5 Å². The average molecular weight is 532 g/mol. The summed E-state index contributed by atoms with van der Waals surface area (Å²) in [7, 11) is 1.90. The molecule has 0 aliphatic rings. The van der Waals surface area contributed by atoms with Crippen LogP contribution in [0.5, 0.6) is 5.75 Å². The summed E-state index contributed by atoms with van der Waals surface area (Å²) in [5, 5.41) is 11.3. The zero-order valence-corrected chi connectivity index (χ0v) is 22.7. The lowest BCUT2D eigenvalue weighted by Gasteiger charge is -2.26. The fourth-order valence-electron chi connectivity index (χ4n) is 5.25. The second-order valence-electron chi connectivity index (χ2n) is 9.97. The van der Waals surface area contributed by atoms with Gasteiger partial charge in [0.25, 0.3) is 0 Å². The Morgan fingerprint density at radius 3 is 1.59 bits per heavy atom. The molecular weight excluding hydrogens is 502 g/mol. The molecule has 41 heavy (non-hydrogen) atoms. The highest BCUT2D eigenvalue weighted by Gasteiger charge is 2.24. The van der Waals surface area contributed by atoms with Crippen LogP contribution in [-0.4, -0.2) is 17.9 Å². The van der Waals surface area contributed by atoms with Gasteiger partial charge in [-0.25, -0.2) is 0 Å². The summed E-state index contributed by atoms with van der Waals surface area (Å²) >= 11 is 0. The second kappa shape index (κ2) is 11.4. The average Bonchev–Trinajstić information content (AvgIpc) is 3.05. The minimum atomic E-state index is -0.0775. The van der Waals surface area contributed by atoms with Crippen molar-refractivity contribution in [3.63, 3.8) is 0 Å². The lowest BCUT2D eigenvalue weighted by Crippen LogP contribution is -2.16. The highest BCUT2D eigenvalue weighted by molar-refractivity contribution is 6.17. The van der Waals surface area contributed by atoms with Gasteiger partial charge in [0.2, 0.25) is 0 Å². The largest absolute Gasteiger partial charge is 0.506 e. The van der Waals surface area contributed by atoms with Crippen molar-refractivity contribution in [2.75, 3.05) is 11.9 Å². The normalized spacial score (nSPS) is 10.8. The van der Waals surface area contributed by atoms with E-state index in [1.807, 2.05) is 139 Å². The number of hydrogen-bond acceptors (Lipinski definition) is 3. The molecule has 0 aliphatic carbocycles. The van der Waals surface area contributed by atoms with E-state index in [1.165, 1.54) is 0 Å². The van der Waals surface area contributed by atoms with Gasteiger partial charge < -0.3 is 10.0 Å². The molecule has 0 atom stereocenters. The van der Waals surface area contributed by atoms with E-state index in [0.29, 0.717) is 22.5 Å². The molecule has 0 heterocycles. The van der Waals surface area contributed by atoms with E-state index in [2.05, 4.69) is 18.2 Å². The van der Waals surface area contributed by atoms with E-state index in [1.54, 1.807) is 6.07 Å². The van der Waals surface area contributed by atoms with Crippen LogP contribution in [-0.2, 0) is 0 Å². The molecule has 3 heteroatoms. The highest BCUT2D eigenvalue weighted by Crippen LogP contribution is 2.42. The number of aromatic hydroxyl groups is 1. The number of benzene rings is 6. The smallest absolute Gasteiger partial charge is 0.195 e. The summed E-state index contributed by atoms with van der Waals surface area (Å²) in [6, 6.07) is 49.3. The number of ketones is 1. The van der Waals surface area contributed by atoms with Gasteiger partial charge in [-0.15, -0.1) is 0 Å². The van der Waals surface area contributed by atoms with Crippen LogP contribution in [0.25, 0.3) is 33.4 Å². The summed E-state index contributed by atoms with van der Waals surface area (Å²) in [5.74, 6) is 0.0599. The molecular formula is C38H29NO2. The Balaban J connectivity index is 1.58. The van der Waals surface area contributed by atoms with E-state index < -0.39 is 0 Å². The van der Waals surface area contributed by atoms with Crippen LogP contribution in [0.15, 0.2) is 152 Å². The first kappa shape index (κ1) is 25.8. The maximum atomic E-state index is 14.3. The fourth-order valence-corrected chi connectivity index (χ4v) is 5.25. The molecule has 0 unspecified atom stereocenters. The van der Waals surface area contributed by atoms with Crippen LogP contribution in [0.4, 0.5) is 11.4 Å². The van der Waals surface area contributed by atoms with Gasteiger partial charge in [0.05, 0.1) is 16.9 Å². The zero-order valence-electron chi connectivity index (χ0n) is 22.7. The first-order valence-electron chi connectivity index (χ1n) is 13.6. The zero-order chi connectivity index (χ0) is 28.2. The fraction of sp³-hybridized carbons (Fsp3) is 0.0263. The molecule has 0 bridgehead atoms. The molecule has 0 radical (unpaired) electrons. The number of phenolic OH excluding ortho intramolecular Hbond substituents is 1. The lowest BCUT2D eigenvalue weighted by atomic mass is 9.88. The van der Waals surface area contributed by atoms with Crippen molar-refractivity contribution in [3.8, 4) is 39.1 Å². The van der Waals surface area contributed by atoms with Crippen LogP contribution >= 0.6 is 0 Å². The molecule has 0 saturated heterocycles. The van der Waals surface area contributed by atoms with Crippen molar-refractivity contribution >= 4 is 17.2 Å². The van der Waals surface area contributed by atoms with Crippen molar-refractivity contribution in [1.29, 1.82) is 0 Å². The van der Waals surface area contributed by atoms with Crippen LogP contribution in [0.3, 0.4) is 0 Å². The number of rotatable bonds is 7. The van der Waals surface area contributed by atoms with Gasteiger partial charge >= 0.3 is 0 Å². The van der Waals surface area contributed by atoms with Crippen LogP contribution in [0, 0.1) is 0 Å². The summed E-state index contributed by atoms with van der Waals surface area (Å²) in [4.78, 5) is 16.2. The van der Waals surface area contributed by atoms with Crippen molar-refractivity contribution < 1.29 is 9.90 Å². The number of nitrogens with zero attached hydrogens (tertiary/aromatic N) is 1. The quantitative estimate of drug-likeness (QED) is 0.209. The van der Waals surface area contributed by atoms with Gasteiger partial charge in [-0.2, -0.15) is 0 Å². The first-order valence-corrected chi connectivity index (χ1v) is 13.6. The maximum Gasteiger partial charge on any atom is 0.195 e. The number of carbonyl (C=O) groups excluding carboxylic acids is 1. The Hall–Kier alpha value is -5.41. The van der Waals surface area contributed by atoms with Crippen LogP contribution in [0.2, 0.25) is 0 Å². The molecule has 1 N–H and O–H groups in total. The van der Waals surface area contributed by atoms with E-state index in [9.17, 15) is 9.90 Å². The molecule has 6 aromatic carbocycles. The monoisotopic (exact) mass is 531 g/mol. The van der Waals surface area contributed by atoms with Gasteiger partial charge in [0.15, 0.2) is 5.78 Å². The number of phenols is 1. The number of carbonyl (C=O) groups is 1. The Labute approximate surface area is 240 Å². The molecule has 0 fully saturated rings. The minimum absolute atomic E-state index is 0.0775. The van der Waals surface area contributed by atoms with E-state index in [4.69, 9.17) is 0 Å². The van der Waals surface area contributed by atoms with E-state index in [-0.39, 0.29) is 11.5 Å². The van der Waals surface area contributed by atoms with Crippen LogP contribution < -0.4 is 4.90 Å². The summed E-state index contributed by atoms with van der Waals surface area (Å²) in [6.07, 6.45) is 0. The summed E-state index contributed by atoms with van der Waals surface area (Å²) < 4.78 is 0. The predicted octanol–water partition coefficient (Wildman–Crippen LogP) is 9.39. The number of anilines is 2. The predicted molar refractivity (Wildman–Crippen MR) is 169 cm³/mol. The third kappa shape index (κ3) is 5.26. The summed E-state index contributed by atoms with van der Waals surface area (Å²) in [6.45, 7) is 0. The molecule has 0 aromatic heterocycles. The van der Waals surface area contributed by atoms with Crippen molar-refractivity contribution in [2.24, 2.45) is 0 Å². The Bertz CT molecular complexity index is 1800. The molecule has 0 aliphatic heterocycles. The lowest BCUT2D eigenvalue weighted by molar-refractivity contribution is 0.104. The van der Waals surface area contributed by atoms with E-state index in [0.717, 1.165) is 33.4 Å². The molecule has 0 amide bonds. The van der Waals surface area contributed by atoms with Gasteiger partial charge in [-0.3, -0.25) is 4.79 Å². The van der Waals surface area contributed by atoms with Crippen molar-refractivity contribution in [3.05, 3.63) is 163 Å². The van der Waals surface area contributed by atoms with Gasteiger partial charge in [0.1, 0.15) is 5.75 Å². The molecule has 3 nitrogen and oxygen atoms in total. The molecule has 6 rings (SSSR count). The van der Waals surface area contributed by atoms with Gasteiger partial charge in [-0.05, 0) is 57.6 Å². The molecule has 198 valence electrons. The highest BCUT2D eigenvalue weighted by atomic mass is 16.3. The minimum Gasteiger partial charge on any atom is -0.506 e. The van der Waals surface area contributed by atoms with E-state index >= 15 is 0 Å². The Morgan fingerprint density at radius 2 is 1.02 bits per heavy atom. The number of hydrogen-bond donors (Lipinski definition) is 1. The van der Waals surface area contributed by atoms with Gasteiger partial charge in [0, 0.05) is 12.6 Å². The van der Waals surface area contributed by atoms with Crippen molar-refractivity contribution in [1.82, 2.24) is 0 Å². The molecule has 0 saturated carbocycles. The third-order valence-electron chi connectivity index (χ3n) is 7.38. The molecule has 6 aromatic rings. The Morgan fingerprint density at radius 1 is 0.512 bits per heavy atom. The Kier molecular flexibility index (Phi) is 7.17. The van der Waals surface area contributed by atoms with Crippen molar-refractivity contribution in [2.45, 2.75) is 0 Å².